The first-order chi connectivity index (χ1) is 12.2. The predicted molar refractivity (Wildman–Crippen MR) is 93.5 cm³/mol. The fourth-order valence-corrected chi connectivity index (χ4v) is 3.13. The summed E-state index contributed by atoms with van der Waals surface area (Å²) in [5.74, 6) is 0.238. The fraction of sp³-hybridized carbons (Fsp3) is 0.150. The molecule has 25 heavy (non-hydrogen) atoms. The molecule has 0 aliphatic heterocycles. The summed E-state index contributed by atoms with van der Waals surface area (Å²) >= 11 is 0. The summed E-state index contributed by atoms with van der Waals surface area (Å²) in [7, 11) is 0. The Bertz CT molecular complexity index is 910. The van der Waals surface area contributed by atoms with Crippen LogP contribution in [0.4, 0.5) is 16.0 Å². The van der Waals surface area contributed by atoms with Crippen molar-refractivity contribution < 1.29 is 9.18 Å². The van der Waals surface area contributed by atoms with Gasteiger partial charge in [0.25, 0.3) is 0 Å². The normalized spacial score (nSPS) is 16.4. The zero-order valence-electron chi connectivity index (χ0n) is 13.4. The summed E-state index contributed by atoms with van der Waals surface area (Å²) in [5, 5.41) is 3.15. The molecule has 1 heterocycles. The van der Waals surface area contributed by atoms with Crippen LogP contribution in [0.25, 0.3) is 0 Å². The lowest BCUT2D eigenvalue weighted by Gasteiger charge is -2.23. The Kier molecular flexibility index (Phi) is 3.98. The van der Waals surface area contributed by atoms with Gasteiger partial charge in [0.1, 0.15) is 5.82 Å². The summed E-state index contributed by atoms with van der Waals surface area (Å²) in [5.41, 5.74) is 3.16. The number of hydrogen-bond donors (Lipinski definition) is 1. The molecule has 2 aromatic carbocycles. The molecule has 1 atom stereocenters. The van der Waals surface area contributed by atoms with Gasteiger partial charge in [0.15, 0.2) is 5.78 Å². The van der Waals surface area contributed by atoms with E-state index >= 15 is 0 Å². The van der Waals surface area contributed by atoms with Crippen LogP contribution in [0.15, 0.2) is 60.8 Å². The minimum absolute atomic E-state index is 0.0140. The molecule has 0 radical (unpaired) electrons. The van der Waals surface area contributed by atoms with E-state index in [9.17, 15) is 9.18 Å². The lowest BCUT2D eigenvalue weighted by atomic mass is 9.82. The number of hydrogen-bond acceptors (Lipinski definition) is 4. The second-order valence-electron chi connectivity index (χ2n) is 6.12. The topological polar surface area (TPSA) is 54.9 Å². The average Bonchev–Trinajstić information content (AvgIpc) is 2.63. The van der Waals surface area contributed by atoms with Crippen molar-refractivity contribution in [1.29, 1.82) is 0 Å². The van der Waals surface area contributed by atoms with Gasteiger partial charge in [0.2, 0.25) is 5.95 Å². The number of carbonyl (C=O) groups excluding carboxylic acids is 1. The van der Waals surface area contributed by atoms with Crippen LogP contribution >= 0.6 is 0 Å². The van der Waals surface area contributed by atoms with Crippen LogP contribution < -0.4 is 5.32 Å². The van der Waals surface area contributed by atoms with Crippen LogP contribution in [-0.4, -0.2) is 15.8 Å². The molecule has 0 amide bonds. The molecule has 0 bridgehead atoms. The molecule has 0 saturated carbocycles. The molecule has 3 aromatic rings. The van der Waals surface area contributed by atoms with Gasteiger partial charge in [0.05, 0.1) is 11.3 Å². The van der Waals surface area contributed by atoms with E-state index in [4.69, 9.17) is 0 Å². The highest BCUT2D eigenvalue weighted by Gasteiger charge is 2.28. The highest BCUT2D eigenvalue weighted by atomic mass is 19.1. The second-order valence-corrected chi connectivity index (χ2v) is 6.12. The van der Waals surface area contributed by atoms with Crippen LogP contribution in [0.5, 0.6) is 0 Å². The van der Waals surface area contributed by atoms with Gasteiger partial charge in [-0.1, -0.05) is 30.3 Å². The third-order valence-electron chi connectivity index (χ3n) is 4.41. The van der Waals surface area contributed by atoms with Gasteiger partial charge in [-0.25, -0.2) is 14.4 Å². The third-order valence-corrected chi connectivity index (χ3v) is 4.41. The molecule has 1 aliphatic rings. The van der Waals surface area contributed by atoms with Crippen LogP contribution in [0.3, 0.4) is 0 Å². The van der Waals surface area contributed by atoms with Crippen molar-refractivity contribution in [3.63, 3.8) is 0 Å². The number of nitrogens with zero attached hydrogens (tertiary/aromatic N) is 2. The Balaban J connectivity index is 1.61. The molecule has 4 nitrogen and oxygen atoms in total. The molecule has 124 valence electrons. The van der Waals surface area contributed by atoms with Crippen LogP contribution in [-0.2, 0) is 6.42 Å². The fourth-order valence-electron chi connectivity index (χ4n) is 3.13. The van der Waals surface area contributed by atoms with E-state index in [1.807, 2.05) is 30.3 Å². The number of Topliss-reactive ketones (excluding diaryl/α,β-unsaturated/α-hetero) is 1. The largest absolute Gasteiger partial charge is 0.324 e. The van der Waals surface area contributed by atoms with Crippen molar-refractivity contribution in [3.05, 3.63) is 83.4 Å². The van der Waals surface area contributed by atoms with E-state index in [0.717, 1.165) is 16.9 Å². The van der Waals surface area contributed by atoms with Gasteiger partial charge in [-0.3, -0.25) is 4.79 Å². The van der Waals surface area contributed by atoms with E-state index < -0.39 is 0 Å². The lowest BCUT2D eigenvalue weighted by molar-refractivity contribution is 0.0962. The number of rotatable bonds is 3. The number of carbonyl (C=O) groups is 1. The van der Waals surface area contributed by atoms with Crippen LogP contribution in [0.1, 0.15) is 34.0 Å². The SMILES string of the molecule is O=C1CC(c2ccc(F)cc2)Cc2nc(Nc3ccccc3)ncc21. The van der Waals surface area contributed by atoms with Crippen LogP contribution in [0.2, 0.25) is 0 Å². The highest BCUT2D eigenvalue weighted by Crippen LogP contribution is 2.32. The zero-order valence-corrected chi connectivity index (χ0v) is 13.4. The zero-order chi connectivity index (χ0) is 17.2. The maximum atomic E-state index is 13.1. The molecule has 1 aromatic heterocycles. The van der Waals surface area contributed by atoms with E-state index in [0.29, 0.717) is 24.4 Å². The standard InChI is InChI=1S/C20H16FN3O/c21-15-8-6-13(7-9-15)14-10-18-17(19(25)11-14)12-22-20(24-18)23-16-4-2-1-3-5-16/h1-9,12,14H,10-11H2,(H,22,23,24). The number of fused-ring (bicyclic) bond motifs is 1. The Labute approximate surface area is 144 Å². The average molecular weight is 333 g/mol. The first kappa shape index (κ1) is 15.4. The smallest absolute Gasteiger partial charge is 0.227 e. The van der Waals surface area contributed by atoms with Crippen molar-refractivity contribution in [2.24, 2.45) is 0 Å². The number of benzene rings is 2. The van der Waals surface area contributed by atoms with E-state index in [-0.39, 0.29) is 17.5 Å². The number of para-hydroxylation sites is 1. The van der Waals surface area contributed by atoms with Gasteiger partial charge in [0, 0.05) is 18.3 Å². The molecule has 0 fully saturated rings. The number of anilines is 2. The predicted octanol–water partition coefficient (Wildman–Crippen LogP) is 4.27. The number of ketones is 1. The van der Waals surface area contributed by atoms with E-state index in [1.165, 1.54) is 12.1 Å². The van der Waals surface area contributed by atoms with Gasteiger partial charge in [-0.05, 0) is 42.2 Å². The molecule has 0 saturated heterocycles. The molecular weight excluding hydrogens is 317 g/mol. The van der Waals surface area contributed by atoms with Crippen LogP contribution in [0, 0.1) is 5.82 Å². The highest BCUT2D eigenvalue weighted by molar-refractivity contribution is 5.98. The van der Waals surface area contributed by atoms with Gasteiger partial charge in [-0.15, -0.1) is 0 Å². The molecule has 5 heteroatoms. The number of halogens is 1. The van der Waals surface area contributed by atoms with E-state index in [2.05, 4.69) is 15.3 Å². The van der Waals surface area contributed by atoms with Crippen molar-refractivity contribution in [2.45, 2.75) is 18.8 Å². The van der Waals surface area contributed by atoms with Crippen molar-refractivity contribution in [2.75, 3.05) is 5.32 Å². The quantitative estimate of drug-likeness (QED) is 0.777. The molecule has 4 rings (SSSR count). The molecule has 0 spiro atoms. The Morgan fingerprint density at radius 3 is 2.52 bits per heavy atom. The summed E-state index contributed by atoms with van der Waals surface area (Å²) in [6.07, 6.45) is 2.63. The molecule has 1 unspecified atom stereocenters. The monoisotopic (exact) mass is 333 g/mol. The van der Waals surface area contributed by atoms with Crippen molar-refractivity contribution >= 4 is 17.4 Å². The summed E-state index contributed by atoms with van der Waals surface area (Å²) in [6.45, 7) is 0. The first-order valence-corrected chi connectivity index (χ1v) is 8.16. The van der Waals surface area contributed by atoms with E-state index in [1.54, 1.807) is 18.3 Å². The maximum Gasteiger partial charge on any atom is 0.227 e. The summed E-state index contributed by atoms with van der Waals surface area (Å²) < 4.78 is 13.1. The summed E-state index contributed by atoms with van der Waals surface area (Å²) in [4.78, 5) is 21.2. The number of aromatic nitrogens is 2. The Morgan fingerprint density at radius 1 is 1.00 bits per heavy atom. The van der Waals surface area contributed by atoms with Gasteiger partial charge < -0.3 is 5.32 Å². The molecular formula is C20H16FN3O. The minimum atomic E-state index is -0.275. The first-order valence-electron chi connectivity index (χ1n) is 8.16. The van der Waals surface area contributed by atoms with Crippen molar-refractivity contribution in [3.8, 4) is 0 Å². The third kappa shape index (κ3) is 3.26. The van der Waals surface area contributed by atoms with Gasteiger partial charge >= 0.3 is 0 Å². The summed E-state index contributed by atoms with van der Waals surface area (Å²) in [6, 6.07) is 16.0. The minimum Gasteiger partial charge on any atom is -0.324 e. The van der Waals surface area contributed by atoms with Crippen molar-refractivity contribution in [1.82, 2.24) is 9.97 Å². The molecule has 1 N–H and O–H groups in total. The maximum absolute atomic E-state index is 13.1. The lowest BCUT2D eigenvalue weighted by Crippen LogP contribution is -2.21. The Morgan fingerprint density at radius 2 is 1.76 bits per heavy atom. The number of nitrogens with one attached hydrogen (secondary N) is 1. The molecule has 1 aliphatic carbocycles. The second kappa shape index (κ2) is 6.43. The van der Waals surface area contributed by atoms with Gasteiger partial charge in [-0.2, -0.15) is 0 Å². The Hall–Kier alpha value is -3.08.